The summed E-state index contributed by atoms with van der Waals surface area (Å²) >= 11 is 0. The van der Waals surface area contributed by atoms with Gasteiger partial charge in [-0.3, -0.25) is 4.79 Å². The molecule has 0 spiro atoms. The summed E-state index contributed by atoms with van der Waals surface area (Å²) < 4.78 is 20.1. The van der Waals surface area contributed by atoms with Crippen LogP contribution in [0, 0.1) is 6.92 Å². The third kappa shape index (κ3) is 4.66. The number of ether oxygens (including phenoxy) is 1. The standard InChI is InChI=1S/C15H17N5O5/c1-10-15(20-25-18-10)23-9-7-16-12(21)5-2-6-13-17-14(19-24-13)11-4-3-8-22-11/h3-4,8H,2,5-7,9H2,1H3,(H,16,21). The van der Waals surface area contributed by atoms with E-state index in [1.54, 1.807) is 25.3 Å². The van der Waals surface area contributed by atoms with Crippen molar-refractivity contribution in [2.24, 2.45) is 0 Å². The summed E-state index contributed by atoms with van der Waals surface area (Å²) in [5, 5.41) is 13.8. The van der Waals surface area contributed by atoms with Crippen LogP contribution in [-0.4, -0.2) is 39.5 Å². The minimum absolute atomic E-state index is 0.0793. The highest BCUT2D eigenvalue weighted by Gasteiger charge is 2.11. The number of carbonyl (C=O) groups is 1. The van der Waals surface area contributed by atoms with Crippen molar-refractivity contribution in [2.75, 3.05) is 13.2 Å². The highest BCUT2D eigenvalue weighted by Crippen LogP contribution is 2.16. The molecule has 0 aliphatic heterocycles. The van der Waals surface area contributed by atoms with E-state index in [9.17, 15) is 4.79 Å². The maximum atomic E-state index is 11.8. The molecule has 0 fully saturated rings. The molecule has 10 heteroatoms. The number of amides is 1. The number of hydrogen-bond donors (Lipinski definition) is 1. The van der Waals surface area contributed by atoms with E-state index < -0.39 is 0 Å². The molecule has 3 heterocycles. The number of carbonyl (C=O) groups excluding carboxylic acids is 1. The van der Waals surface area contributed by atoms with Crippen molar-refractivity contribution in [3.8, 4) is 17.5 Å². The predicted molar refractivity (Wildman–Crippen MR) is 82.5 cm³/mol. The van der Waals surface area contributed by atoms with E-state index >= 15 is 0 Å². The Balaban J connectivity index is 1.31. The number of nitrogens with zero attached hydrogens (tertiary/aromatic N) is 4. The minimum Gasteiger partial charge on any atom is -0.472 e. The van der Waals surface area contributed by atoms with E-state index in [1.165, 1.54) is 0 Å². The lowest BCUT2D eigenvalue weighted by molar-refractivity contribution is -0.121. The molecule has 0 aliphatic rings. The lowest BCUT2D eigenvalue weighted by Gasteiger charge is -2.05. The maximum Gasteiger partial charge on any atom is 0.278 e. The third-order valence-corrected chi connectivity index (χ3v) is 3.28. The maximum absolute atomic E-state index is 11.8. The molecular weight excluding hydrogens is 330 g/mol. The van der Waals surface area contributed by atoms with Crippen LogP contribution in [0.15, 0.2) is 32.0 Å². The van der Waals surface area contributed by atoms with Gasteiger partial charge in [0.25, 0.3) is 5.88 Å². The fraction of sp³-hybridized carbons (Fsp3) is 0.400. The van der Waals surface area contributed by atoms with Gasteiger partial charge in [0.15, 0.2) is 5.76 Å². The molecule has 0 bridgehead atoms. The molecule has 0 saturated heterocycles. The summed E-state index contributed by atoms with van der Waals surface area (Å²) in [5.41, 5.74) is 0.569. The van der Waals surface area contributed by atoms with Gasteiger partial charge < -0.3 is 19.0 Å². The molecule has 1 amide bonds. The van der Waals surface area contributed by atoms with Gasteiger partial charge in [-0.05, 0) is 30.6 Å². The second-order valence-corrected chi connectivity index (χ2v) is 5.20. The molecule has 0 atom stereocenters. The Morgan fingerprint density at radius 1 is 1.32 bits per heavy atom. The molecular formula is C15H17N5O5. The van der Waals surface area contributed by atoms with E-state index in [2.05, 4.69) is 30.4 Å². The smallest absolute Gasteiger partial charge is 0.278 e. The molecule has 0 aromatic carbocycles. The number of rotatable bonds is 9. The second-order valence-electron chi connectivity index (χ2n) is 5.20. The van der Waals surface area contributed by atoms with Gasteiger partial charge in [-0.1, -0.05) is 10.3 Å². The van der Waals surface area contributed by atoms with Gasteiger partial charge in [0.2, 0.25) is 17.6 Å². The van der Waals surface area contributed by atoms with E-state index in [-0.39, 0.29) is 12.5 Å². The zero-order valence-electron chi connectivity index (χ0n) is 13.6. The number of aryl methyl sites for hydroxylation is 2. The summed E-state index contributed by atoms with van der Waals surface area (Å²) in [6, 6.07) is 3.50. The third-order valence-electron chi connectivity index (χ3n) is 3.28. The average Bonchev–Trinajstić information content (AvgIpc) is 3.33. The van der Waals surface area contributed by atoms with Crippen molar-refractivity contribution in [3.05, 3.63) is 30.0 Å². The SMILES string of the molecule is Cc1nonc1OCCNC(=O)CCCc1nc(-c2ccco2)no1. The molecule has 1 N–H and O–H groups in total. The zero-order valence-corrected chi connectivity index (χ0v) is 13.6. The topological polar surface area (TPSA) is 129 Å². The Kier molecular flexibility index (Phi) is 5.39. The molecule has 0 saturated carbocycles. The van der Waals surface area contributed by atoms with Crippen LogP contribution in [-0.2, 0) is 11.2 Å². The van der Waals surface area contributed by atoms with E-state index in [0.29, 0.717) is 54.9 Å². The van der Waals surface area contributed by atoms with Crippen LogP contribution >= 0.6 is 0 Å². The highest BCUT2D eigenvalue weighted by atomic mass is 16.6. The van der Waals surface area contributed by atoms with Crippen LogP contribution in [0.25, 0.3) is 11.6 Å². The van der Waals surface area contributed by atoms with Crippen molar-refractivity contribution in [2.45, 2.75) is 26.2 Å². The average molecular weight is 347 g/mol. The van der Waals surface area contributed by atoms with Gasteiger partial charge >= 0.3 is 0 Å². The number of furan rings is 1. The molecule has 3 aromatic heterocycles. The summed E-state index contributed by atoms with van der Waals surface area (Å²) in [4.78, 5) is 16.0. The molecule has 10 nitrogen and oxygen atoms in total. The van der Waals surface area contributed by atoms with E-state index in [1.807, 2.05) is 0 Å². The van der Waals surface area contributed by atoms with Crippen LogP contribution in [0.3, 0.4) is 0 Å². The summed E-state index contributed by atoms with van der Waals surface area (Å²) in [7, 11) is 0. The lowest BCUT2D eigenvalue weighted by atomic mass is 10.2. The monoisotopic (exact) mass is 347 g/mol. The molecule has 25 heavy (non-hydrogen) atoms. The van der Waals surface area contributed by atoms with Crippen LogP contribution in [0.4, 0.5) is 0 Å². The first-order valence-corrected chi connectivity index (χ1v) is 7.77. The van der Waals surface area contributed by atoms with Crippen molar-refractivity contribution < 1.29 is 23.1 Å². The van der Waals surface area contributed by atoms with Gasteiger partial charge in [0, 0.05) is 12.8 Å². The van der Waals surface area contributed by atoms with Gasteiger partial charge in [0.1, 0.15) is 12.3 Å². The normalized spacial score (nSPS) is 10.8. The largest absolute Gasteiger partial charge is 0.472 e. The van der Waals surface area contributed by atoms with E-state index in [0.717, 1.165) is 0 Å². The molecule has 132 valence electrons. The summed E-state index contributed by atoms with van der Waals surface area (Å²) in [5.74, 6) is 1.67. The van der Waals surface area contributed by atoms with Crippen molar-refractivity contribution in [3.63, 3.8) is 0 Å². The minimum atomic E-state index is -0.0793. The Labute approximate surface area is 142 Å². The van der Waals surface area contributed by atoms with Gasteiger partial charge in [-0.25, -0.2) is 4.63 Å². The quantitative estimate of drug-likeness (QED) is 0.573. The van der Waals surface area contributed by atoms with Crippen molar-refractivity contribution in [1.82, 2.24) is 25.8 Å². The van der Waals surface area contributed by atoms with E-state index in [4.69, 9.17) is 13.7 Å². The molecule has 3 aromatic rings. The van der Waals surface area contributed by atoms with Crippen LogP contribution in [0.5, 0.6) is 5.88 Å². The number of nitrogens with one attached hydrogen (secondary N) is 1. The van der Waals surface area contributed by atoms with Crippen molar-refractivity contribution in [1.29, 1.82) is 0 Å². The van der Waals surface area contributed by atoms with Gasteiger partial charge in [-0.15, -0.1) is 0 Å². The molecule has 0 aliphatic carbocycles. The second kappa shape index (κ2) is 8.08. The fourth-order valence-corrected chi connectivity index (χ4v) is 2.04. The Morgan fingerprint density at radius 2 is 2.24 bits per heavy atom. The van der Waals surface area contributed by atoms with Crippen LogP contribution < -0.4 is 10.1 Å². The number of hydrogen-bond acceptors (Lipinski definition) is 9. The lowest BCUT2D eigenvalue weighted by Crippen LogP contribution is -2.28. The van der Waals surface area contributed by atoms with Crippen molar-refractivity contribution >= 4 is 5.91 Å². The zero-order chi connectivity index (χ0) is 17.5. The van der Waals surface area contributed by atoms with Gasteiger partial charge in [-0.2, -0.15) is 4.98 Å². The Morgan fingerprint density at radius 3 is 3.00 bits per heavy atom. The van der Waals surface area contributed by atoms with Crippen LogP contribution in [0.2, 0.25) is 0 Å². The Hall–Kier alpha value is -3.17. The first kappa shape index (κ1) is 16.7. The first-order chi connectivity index (χ1) is 12.2. The predicted octanol–water partition coefficient (Wildman–Crippen LogP) is 1.54. The number of aromatic nitrogens is 4. The first-order valence-electron chi connectivity index (χ1n) is 7.77. The fourth-order valence-electron chi connectivity index (χ4n) is 2.04. The summed E-state index contributed by atoms with van der Waals surface area (Å²) in [6.45, 7) is 2.38. The molecule has 0 unspecified atom stereocenters. The summed E-state index contributed by atoms with van der Waals surface area (Å²) in [6.07, 6.45) is 3.00. The Bertz CT molecular complexity index is 795. The van der Waals surface area contributed by atoms with Gasteiger partial charge in [0.05, 0.1) is 12.8 Å². The highest BCUT2D eigenvalue weighted by molar-refractivity contribution is 5.75. The van der Waals surface area contributed by atoms with Crippen LogP contribution in [0.1, 0.15) is 24.4 Å². The molecule has 0 radical (unpaired) electrons. The molecule has 3 rings (SSSR count).